The van der Waals surface area contributed by atoms with Gasteiger partial charge >= 0.3 is 0 Å². The first-order valence-electron chi connectivity index (χ1n) is 7.32. The van der Waals surface area contributed by atoms with E-state index in [2.05, 4.69) is 6.07 Å². The van der Waals surface area contributed by atoms with Crippen LogP contribution in [0.4, 0.5) is 0 Å². The first-order valence-corrected chi connectivity index (χ1v) is 7.32. The number of aliphatic hydroxyl groups is 1. The van der Waals surface area contributed by atoms with E-state index in [1.54, 1.807) is 0 Å². The molecule has 0 saturated heterocycles. The van der Waals surface area contributed by atoms with E-state index in [1.165, 1.54) is 12.0 Å². The second kappa shape index (κ2) is 4.80. The molecule has 19 heavy (non-hydrogen) atoms. The van der Waals surface area contributed by atoms with Gasteiger partial charge in [0.2, 0.25) is 0 Å². The molecule has 3 nitrogen and oxygen atoms in total. The van der Waals surface area contributed by atoms with E-state index in [4.69, 9.17) is 10.5 Å². The molecule has 1 fully saturated rings. The van der Waals surface area contributed by atoms with Crippen molar-refractivity contribution in [2.45, 2.75) is 44.1 Å². The highest BCUT2D eigenvalue weighted by atomic mass is 16.5. The van der Waals surface area contributed by atoms with Gasteiger partial charge in [-0.2, -0.15) is 0 Å². The van der Waals surface area contributed by atoms with E-state index in [0.29, 0.717) is 13.2 Å². The lowest BCUT2D eigenvalue weighted by molar-refractivity contribution is -0.127. The van der Waals surface area contributed by atoms with Gasteiger partial charge < -0.3 is 15.6 Å². The van der Waals surface area contributed by atoms with Gasteiger partial charge in [-0.15, -0.1) is 0 Å². The van der Waals surface area contributed by atoms with E-state index in [9.17, 15) is 5.11 Å². The lowest BCUT2D eigenvalue weighted by atomic mass is 9.62. The Balaban J connectivity index is 1.93. The Bertz CT molecular complexity index is 454. The Kier molecular flexibility index (Phi) is 3.27. The second-order valence-electron chi connectivity index (χ2n) is 6.15. The van der Waals surface area contributed by atoms with Crippen LogP contribution < -0.4 is 10.5 Å². The molecule has 3 heteroatoms. The van der Waals surface area contributed by atoms with Gasteiger partial charge in [0.05, 0.1) is 12.2 Å². The van der Waals surface area contributed by atoms with Crippen molar-refractivity contribution in [3.05, 3.63) is 29.8 Å². The van der Waals surface area contributed by atoms with Crippen LogP contribution in [0.1, 0.15) is 37.7 Å². The van der Waals surface area contributed by atoms with Gasteiger partial charge in [-0.1, -0.05) is 37.5 Å². The summed E-state index contributed by atoms with van der Waals surface area (Å²) in [5.41, 5.74) is 6.27. The summed E-state index contributed by atoms with van der Waals surface area (Å²) in [5, 5.41) is 11.1. The molecule has 104 valence electrons. The molecule has 0 aromatic heterocycles. The highest BCUT2D eigenvalue weighted by Gasteiger charge is 2.52. The molecule has 3 N–H and O–H groups in total. The van der Waals surface area contributed by atoms with Crippen LogP contribution in [0, 0.1) is 5.41 Å². The third-order valence-electron chi connectivity index (χ3n) is 5.06. The monoisotopic (exact) mass is 261 g/mol. The number of fused-ring (bicyclic) bond motifs is 1. The number of hydrogen-bond donors (Lipinski definition) is 2. The zero-order valence-corrected chi connectivity index (χ0v) is 11.4. The first kappa shape index (κ1) is 12.9. The standard InChI is InChI=1S/C16H23NO2/c17-11-15(16(18)8-4-1-5-9-16)10-13-6-2-3-7-14(13)19-12-15/h2-3,6-7,18H,1,4-5,8-12,17H2. The predicted molar refractivity (Wildman–Crippen MR) is 75.2 cm³/mol. The Morgan fingerprint density at radius 1 is 1.16 bits per heavy atom. The van der Waals surface area contributed by atoms with Crippen molar-refractivity contribution in [1.82, 2.24) is 0 Å². The van der Waals surface area contributed by atoms with Gasteiger partial charge in [-0.05, 0) is 30.9 Å². The van der Waals surface area contributed by atoms with Gasteiger partial charge in [-0.25, -0.2) is 0 Å². The minimum absolute atomic E-state index is 0.318. The van der Waals surface area contributed by atoms with Crippen molar-refractivity contribution in [2.75, 3.05) is 13.2 Å². The average Bonchev–Trinajstić information content (AvgIpc) is 2.47. The van der Waals surface area contributed by atoms with E-state index in [-0.39, 0.29) is 5.41 Å². The summed E-state index contributed by atoms with van der Waals surface area (Å²) in [6, 6.07) is 8.11. The van der Waals surface area contributed by atoms with E-state index < -0.39 is 5.60 Å². The third kappa shape index (κ3) is 2.05. The normalized spacial score (nSPS) is 29.4. The number of para-hydroxylation sites is 1. The SMILES string of the molecule is NCC1(C2(O)CCCCC2)COc2ccccc2C1. The van der Waals surface area contributed by atoms with E-state index >= 15 is 0 Å². The highest BCUT2D eigenvalue weighted by molar-refractivity contribution is 5.37. The van der Waals surface area contributed by atoms with Gasteiger partial charge in [0.15, 0.2) is 0 Å². The third-order valence-corrected chi connectivity index (χ3v) is 5.06. The number of benzene rings is 1. The number of ether oxygens (including phenoxy) is 1. The molecule has 2 aliphatic rings. The quantitative estimate of drug-likeness (QED) is 0.858. The molecule has 1 aromatic carbocycles. The summed E-state index contributed by atoms with van der Waals surface area (Å²) < 4.78 is 5.91. The molecule has 1 aliphatic heterocycles. The van der Waals surface area contributed by atoms with Crippen LogP contribution in [0.5, 0.6) is 5.75 Å². The number of hydrogen-bond acceptors (Lipinski definition) is 3. The molecule has 0 spiro atoms. The predicted octanol–water partition coefficient (Wildman–Crippen LogP) is 2.26. The largest absolute Gasteiger partial charge is 0.493 e. The van der Waals surface area contributed by atoms with Gasteiger partial charge in [0.1, 0.15) is 5.75 Å². The maximum atomic E-state index is 11.1. The summed E-state index contributed by atoms with van der Waals surface area (Å²) >= 11 is 0. The van der Waals surface area contributed by atoms with Crippen LogP contribution >= 0.6 is 0 Å². The molecule has 1 aromatic rings. The summed E-state index contributed by atoms with van der Waals surface area (Å²) in [5.74, 6) is 0.950. The number of rotatable bonds is 2. The molecule has 1 unspecified atom stereocenters. The van der Waals surface area contributed by atoms with Gasteiger partial charge in [0.25, 0.3) is 0 Å². The Morgan fingerprint density at radius 3 is 2.63 bits per heavy atom. The molecule has 1 saturated carbocycles. The van der Waals surface area contributed by atoms with Crippen LogP contribution in [-0.2, 0) is 6.42 Å². The lowest BCUT2D eigenvalue weighted by Gasteiger charge is -2.50. The summed E-state index contributed by atoms with van der Waals surface area (Å²) in [4.78, 5) is 0. The fourth-order valence-corrected chi connectivity index (χ4v) is 3.71. The van der Waals surface area contributed by atoms with E-state index in [0.717, 1.165) is 37.9 Å². The van der Waals surface area contributed by atoms with Crippen LogP contribution in [-0.4, -0.2) is 23.9 Å². The first-order chi connectivity index (χ1) is 9.19. The fraction of sp³-hybridized carbons (Fsp3) is 0.625. The van der Waals surface area contributed by atoms with Crippen molar-refractivity contribution < 1.29 is 9.84 Å². The van der Waals surface area contributed by atoms with Crippen molar-refractivity contribution in [2.24, 2.45) is 11.1 Å². The summed E-state index contributed by atoms with van der Waals surface area (Å²) in [7, 11) is 0. The minimum Gasteiger partial charge on any atom is -0.493 e. The highest BCUT2D eigenvalue weighted by Crippen LogP contribution is 2.47. The maximum absolute atomic E-state index is 11.1. The molecule has 0 amide bonds. The molecule has 0 bridgehead atoms. The van der Waals surface area contributed by atoms with Gasteiger partial charge in [0, 0.05) is 12.0 Å². The maximum Gasteiger partial charge on any atom is 0.122 e. The minimum atomic E-state index is -0.659. The zero-order valence-electron chi connectivity index (χ0n) is 11.4. The van der Waals surface area contributed by atoms with Crippen molar-refractivity contribution in [1.29, 1.82) is 0 Å². The zero-order chi connectivity index (χ0) is 13.3. The Labute approximate surface area is 114 Å². The topological polar surface area (TPSA) is 55.5 Å². The molecule has 0 radical (unpaired) electrons. The Hall–Kier alpha value is -1.06. The Morgan fingerprint density at radius 2 is 1.89 bits per heavy atom. The van der Waals surface area contributed by atoms with Crippen molar-refractivity contribution >= 4 is 0 Å². The van der Waals surface area contributed by atoms with Crippen LogP contribution in [0.15, 0.2) is 24.3 Å². The molecule has 1 aliphatic carbocycles. The molecule has 1 heterocycles. The molecular weight excluding hydrogens is 238 g/mol. The van der Waals surface area contributed by atoms with Crippen LogP contribution in [0.2, 0.25) is 0 Å². The van der Waals surface area contributed by atoms with Crippen molar-refractivity contribution in [3.8, 4) is 5.75 Å². The lowest BCUT2D eigenvalue weighted by Crippen LogP contribution is -2.59. The number of nitrogens with two attached hydrogens (primary N) is 1. The second-order valence-corrected chi connectivity index (χ2v) is 6.15. The summed E-state index contributed by atoms with van der Waals surface area (Å²) in [6.07, 6.45) is 5.96. The molecule has 3 rings (SSSR count). The van der Waals surface area contributed by atoms with Gasteiger partial charge in [-0.3, -0.25) is 0 Å². The molecule has 1 atom stereocenters. The van der Waals surface area contributed by atoms with Crippen LogP contribution in [0.3, 0.4) is 0 Å². The smallest absolute Gasteiger partial charge is 0.122 e. The van der Waals surface area contributed by atoms with E-state index in [1.807, 2.05) is 18.2 Å². The average molecular weight is 261 g/mol. The fourth-order valence-electron chi connectivity index (χ4n) is 3.71. The van der Waals surface area contributed by atoms with Crippen LogP contribution in [0.25, 0.3) is 0 Å². The molecular formula is C16H23NO2. The summed E-state index contributed by atoms with van der Waals surface area (Å²) in [6.45, 7) is 1.02. The van der Waals surface area contributed by atoms with Crippen molar-refractivity contribution in [3.63, 3.8) is 0 Å².